The van der Waals surface area contributed by atoms with Crippen LogP contribution in [0.2, 0.25) is 0 Å². The van der Waals surface area contributed by atoms with Gasteiger partial charge in [0.1, 0.15) is 17.5 Å². The van der Waals surface area contributed by atoms with Gasteiger partial charge in [0.05, 0.1) is 12.1 Å². The molecule has 168 valence electrons. The predicted octanol–water partition coefficient (Wildman–Crippen LogP) is 0.773. The average Bonchev–Trinajstić information content (AvgIpc) is 3.41. The molecule has 0 aliphatic carbocycles. The van der Waals surface area contributed by atoms with Crippen LogP contribution < -0.4 is 20.4 Å². The molecule has 4 saturated heterocycles. The standard InChI is InChI=1S/C21H32N8O2/c1-15-24-18(26-8-2-4-16(13-26)28-10-6-22-20(28)30)12-19(25-15)27-9-3-5-17(14-27)29-11-7-23-21(29)31/h12,16-17H,2-11,13-14H2,1H3,(H,22,30)(H,23,31). The summed E-state index contributed by atoms with van der Waals surface area (Å²) >= 11 is 0. The summed E-state index contributed by atoms with van der Waals surface area (Å²) in [4.78, 5) is 42.3. The molecule has 5 heterocycles. The number of hydrogen-bond acceptors (Lipinski definition) is 6. The largest absolute Gasteiger partial charge is 0.354 e. The number of carbonyl (C=O) groups is 2. The minimum atomic E-state index is 0.0525. The third-order valence-corrected chi connectivity index (χ3v) is 6.91. The molecule has 4 fully saturated rings. The number of urea groups is 2. The zero-order valence-electron chi connectivity index (χ0n) is 18.2. The first-order valence-corrected chi connectivity index (χ1v) is 11.5. The van der Waals surface area contributed by atoms with Crippen molar-refractivity contribution in [2.24, 2.45) is 0 Å². The van der Waals surface area contributed by atoms with Crippen molar-refractivity contribution >= 4 is 23.7 Å². The van der Waals surface area contributed by atoms with Gasteiger partial charge in [-0.05, 0) is 32.6 Å². The molecule has 0 saturated carbocycles. The summed E-state index contributed by atoms with van der Waals surface area (Å²) in [5.74, 6) is 2.63. The van der Waals surface area contributed by atoms with Gasteiger partial charge < -0.3 is 30.2 Å². The van der Waals surface area contributed by atoms with Crippen LogP contribution in [-0.4, -0.2) is 96.3 Å². The second kappa shape index (κ2) is 8.39. The molecular weight excluding hydrogens is 396 g/mol. The molecular formula is C21H32N8O2. The molecule has 1 aromatic heterocycles. The molecule has 2 N–H and O–H groups in total. The van der Waals surface area contributed by atoms with E-state index < -0.39 is 0 Å². The van der Waals surface area contributed by atoms with Crippen LogP contribution in [0.15, 0.2) is 6.07 Å². The van der Waals surface area contributed by atoms with Crippen LogP contribution in [0, 0.1) is 6.92 Å². The first kappa shape index (κ1) is 20.1. The predicted molar refractivity (Wildman–Crippen MR) is 117 cm³/mol. The van der Waals surface area contributed by atoms with Gasteiger partial charge in [0, 0.05) is 58.4 Å². The van der Waals surface area contributed by atoms with Gasteiger partial charge in [-0.3, -0.25) is 0 Å². The van der Waals surface area contributed by atoms with Crippen molar-refractivity contribution in [1.29, 1.82) is 0 Å². The molecule has 4 aliphatic heterocycles. The lowest BCUT2D eigenvalue weighted by Gasteiger charge is -2.39. The number of piperidine rings is 2. The molecule has 0 radical (unpaired) electrons. The Morgan fingerprint density at radius 2 is 1.29 bits per heavy atom. The molecule has 4 aliphatic rings. The minimum Gasteiger partial charge on any atom is -0.354 e. The first-order chi connectivity index (χ1) is 15.1. The highest BCUT2D eigenvalue weighted by atomic mass is 16.2. The number of carbonyl (C=O) groups excluding carboxylic acids is 2. The Bertz CT molecular complexity index is 784. The Balaban J connectivity index is 1.32. The Morgan fingerprint density at radius 3 is 1.71 bits per heavy atom. The molecule has 2 unspecified atom stereocenters. The Kier molecular flexibility index (Phi) is 5.45. The lowest BCUT2D eigenvalue weighted by molar-refractivity contribution is 0.189. The zero-order chi connectivity index (χ0) is 21.4. The third kappa shape index (κ3) is 4.07. The highest BCUT2D eigenvalue weighted by Gasteiger charge is 2.34. The molecule has 0 aromatic carbocycles. The van der Waals surface area contributed by atoms with E-state index in [0.29, 0.717) is 0 Å². The summed E-state index contributed by atoms with van der Waals surface area (Å²) in [6.45, 7) is 8.47. The van der Waals surface area contributed by atoms with Crippen LogP contribution in [0.25, 0.3) is 0 Å². The molecule has 1 aromatic rings. The van der Waals surface area contributed by atoms with Crippen LogP contribution in [0.1, 0.15) is 31.5 Å². The molecule has 2 atom stereocenters. The number of rotatable bonds is 4. The van der Waals surface area contributed by atoms with Crippen LogP contribution in [0.4, 0.5) is 21.2 Å². The topological polar surface area (TPSA) is 96.9 Å². The van der Waals surface area contributed by atoms with E-state index in [4.69, 9.17) is 9.97 Å². The van der Waals surface area contributed by atoms with E-state index in [-0.39, 0.29) is 24.1 Å². The number of nitrogens with one attached hydrogen (secondary N) is 2. The number of aromatic nitrogens is 2. The Morgan fingerprint density at radius 1 is 0.806 bits per heavy atom. The van der Waals surface area contributed by atoms with Crippen molar-refractivity contribution in [3.8, 4) is 0 Å². The van der Waals surface area contributed by atoms with Gasteiger partial charge >= 0.3 is 12.1 Å². The number of aryl methyl sites for hydroxylation is 1. The molecule has 10 nitrogen and oxygen atoms in total. The number of nitrogens with zero attached hydrogens (tertiary/aromatic N) is 6. The third-order valence-electron chi connectivity index (χ3n) is 6.91. The average molecular weight is 429 g/mol. The maximum atomic E-state index is 12.1. The minimum absolute atomic E-state index is 0.0525. The molecule has 0 spiro atoms. The fourth-order valence-corrected chi connectivity index (χ4v) is 5.36. The van der Waals surface area contributed by atoms with Crippen molar-refractivity contribution < 1.29 is 9.59 Å². The van der Waals surface area contributed by atoms with Crippen LogP contribution >= 0.6 is 0 Å². The lowest BCUT2D eigenvalue weighted by atomic mass is 10.0. The van der Waals surface area contributed by atoms with Crippen molar-refractivity contribution in [1.82, 2.24) is 30.4 Å². The van der Waals surface area contributed by atoms with Gasteiger partial charge in [-0.2, -0.15) is 0 Å². The van der Waals surface area contributed by atoms with E-state index in [2.05, 4.69) is 26.5 Å². The molecule has 10 heteroatoms. The van der Waals surface area contributed by atoms with Crippen molar-refractivity contribution in [3.63, 3.8) is 0 Å². The van der Waals surface area contributed by atoms with E-state index in [1.807, 2.05) is 16.7 Å². The van der Waals surface area contributed by atoms with Gasteiger partial charge in [0.2, 0.25) is 0 Å². The maximum Gasteiger partial charge on any atom is 0.317 e. The zero-order valence-corrected chi connectivity index (χ0v) is 18.2. The second-order valence-electron chi connectivity index (χ2n) is 8.97. The van der Waals surface area contributed by atoms with Gasteiger partial charge in [0.25, 0.3) is 0 Å². The summed E-state index contributed by atoms with van der Waals surface area (Å²) in [6.07, 6.45) is 4.16. The summed E-state index contributed by atoms with van der Waals surface area (Å²) in [5, 5.41) is 5.83. The monoisotopic (exact) mass is 428 g/mol. The van der Waals surface area contributed by atoms with Gasteiger partial charge in [-0.1, -0.05) is 0 Å². The van der Waals surface area contributed by atoms with E-state index >= 15 is 0 Å². The van der Waals surface area contributed by atoms with Crippen molar-refractivity contribution in [2.75, 3.05) is 62.2 Å². The van der Waals surface area contributed by atoms with E-state index in [1.165, 1.54) is 0 Å². The van der Waals surface area contributed by atoms with Crippen LogP contribution in [-0.2, 0) is 0 Å². The van der Waals surface area contributed by atoms with Gasteiger partial charge in [-0.15, -0.1) is 0 Å². The van der Waals surface area contributed by atoms with Gasteiger partial charge in [0.15, 0.2) is 0 Å². The number of amides is 4. The van der Waals surface area contributed by atoms with Crippen molar-refractivity contribution in [3.05, 3.63) is 11.9 Å². The van der Waals surface area contributed by atoms with E-state index in [0.717, 1.165) is 95.5 Å². The summed E-state index contributed by atoms with van der Waals surface area (Å²) in [5.41, 5.74) is 0. The molecule has 5 rings (SSSR count). The normalized spacial score (nSPS) is 27.0. The van der Waals surface area contributed by atoms with E-state index in [1.54, 1.807) is 0 Å². The maximum absolute atomic E-state index is 12.1. The molecule has 4 amide bonds. The Hall–Kier alpha value is -2.78. The number of hydrogen-bond donors (Lipinski definition) is 2. The lowest BCUT2D eigenvalue weighted by Crippen LogP contribution is -2.50. The van der Waals surface area contributed by atoms with Crippen molar-refractivity contribution in [2.45, 2.75) is 44.7 Å². The highest BCUT2D eigenvalue weighted by molar-refractivity contribution is 5.77. The highest BCUT2D eigenvalue weighted by Crippen LogP contribution is 2.27. The quantitative estimate of drug-likeness (QED) is 0.736. The van der Waals surface area contributed by atoms with Gasteiger partial charge in [-0.25, -0.2) is 19.6 Å². The molecule has 31 heavy (non-hydrogen) atoms. The SMILES string of the molecule is Cc1nc(N2CCCC(N3CCNC3=O)C2)cc(N2CCCC(N3CCNC3=O)C2)n1. The second-order valence-corrected chi connectivity index (χ2v) is 8.97. The Labute approximate surface area is 183 Å². The fourth-order valence-electron chi connectivity index (χ4n) is 5.36. The van der Waals surface area contributed by atoms with Crippen LogP contribution in [0.3, 0.4) is 0 Å². The summed E-state index contributed by atoms with van der Waals surface area (Å²) in [7, 11) is 0. The van der Waals surface area contributed by atoms with E-state index in [9.17, 15) is 9.59 Å². The summed E-state index contributed by atoms with van der Waals surface area (Å²) in [6, 6.07) is 2.64. The fraction of sp³-hybridized carbons (Fsp3) is 0.714. The first-order valence-electron chi connectivity index (χ1n) is 11.5. The smallest absolute Gasteiger partial charge is 0.317 e. The summed E-state index contributed by atoms with van der Waals surface area (Å²) < 4.78 is 0. The molecule has 0 bridgehead atoms. The number of anilines is 2. The van der Waals surface area contributed by atoms with Crippen LogP contribution in [0.5, 0.6) is 0 Å².